The van der Waals surface area contributed by atoms with E-state index in [-0.39, 0.29) is 68.7 Å². The molecule has 3 atom stereocenters. The lowest BCUT2D eigenvalue weighted by Crippen LogP contribution is -2.54. The number of nitrogens with one attached hydrogen (secondary N) is 4. The highest BCUT2D eigenvalue weighted by molar-refractivity contribution is 8.00. The summed E-state index contributed by atoms with van der Waals surface area (Å²) in [7, 11) is 0. The Morgan fingerprint density at radius 3 is 2.37 bits per heavy atom. The molecule has 1 aromatic rings. The molecule has 15 heteroatoms. The van der Waals surface area contributed by atoms with Crippen LogP contribution in [0.5, 0.6) is 0 Å². The summed E-state index contributed by atoms with van der Waals surface area (Å²) in [5, 5.41) is 10.3. The maximum atomic E-state index is 13.3. The van der Waals surface area contributed by atoms with E-state index in [4.69, 9.17) is 7.10 Å². The van der Waals surface area contributed by atoms with Gasteiger partial charge in [0.05, 0.1) is 5.25 Å². The number of amides is 7. The maximum Gasteiger partial charge on any atom is 0.312 e. The van der Waals surface area contributed by atoms with Gasteiger partial charge in [-0.05, 0) is 55.6 Å². The zero-order valence-electron chi connectivity index (χ0n) is 26.9. The van der Waals surface area contributed by atoms with Crippen LogP contribution in [0.4, 0.5) is 10.5 Å². The van der Waals surface area contributed by atoms with E-state index in [9.17, 15) is 33.6 Å². The number of unbranched alkanes of at least 4 members (excludes halogenated alkanes) is 2. The number of carbonyl (C=O) groups excluding carboxylic acids is 7. The van der Waals surface area contributed by atoms with Crippen LogP contribution in [0.3, 0.4) is 0 Å². The second-order valence-corrected chi connectivity index (χ2v) is 12.0. The first-order chi connectivity index (χ1) is 21.8. The Hall–Kier alpha value is -4.14. The van der Waals surface area contributed by atoms with Crippen molar-refractivity contribution >= 4 is 59.5 Å². The number of imide groups is 1. The van der Waals surface area contributed by atoms with Gasteiger partial charge in [0, 0.05) is 31.6 Å². The third kappa shape index (κ3) is 13.5. The maximum absolute atomic E-state index is 13.3. The van der Waals surface area contributed by atoms with E-state index in [0.29, 0.717) is 43.5 Å². The Bertz CT molecular complexity index is 1250. The number of likely N-dealkylation sites (tertiary alicyclic amines) is 1. The molecule has 256 valence electrons. The number of benzene rings is 1. The van der Waals surface area contributed by atoms with Gasteiger partial charge in [0.1, 0.15) is 18.7 Å². The van der Waals surface area contributed by atoms with Crippen molar-refractivity contribution in [2.24, 2.45) is 11.7 Å². The summed E-state index contributed by atoms with van der Waals surface area (Å²) >= 11 is 1.36. The van der Waals surface area contributed by atoms with Crippen molar-refractivity contribution in [3.63, 3.8) is 0 Å². The van der Waals surface area contributed by atoms with Gasteiger partial charge in [0.15, 0.2) is 1.37 Å². The molecule has 46 heavy (non-hydrogen) atoms. The summed E-state index contributed by atoms with van der Waals surface area (Å²) in [6.07, 6.45) is 3.18. The molecule has 1 heterocycles. The third-order valence-electron chi connectivity index (χ3n) is 7.16. The molecule has 7 amide bonds. The van der Waals surface area contributed by atoms with E-state index in [0.717, 1.165) is 0 Å². The molecule has 1 aromatic carbocycles. The standard InChI is InChI=1S/C30H44N6O8S.CH4/c1-19(2)26(35-24(38)9-5-4-6-15-36-25(39)16-23(45-3)29(36)42)28(41)34-22(8-7-14-32-30(31)43)27(40)33-21-12-10-20(11-13-21)17-44-18-37;/h10-13,18-19,22-23,26H,4-9,14-17H2,1-3H3,(H,33,40)(H,34,41)(H,35,38)(H3,31,32,43);1H4/t22-,23?,26-;/m0./s1/i18D;. The van der Waals surface area contributed by atoms with Gasteiger partial charge in [-0.15, -0.1) is 0 Å². The minimum absolute atomic E-state index is 0. The van der Waals surface area contributed by atoms with Crippen LogP contribution >= 0.6 is 11.8 Å². The second-order valence-electron chi connectivity index (χ2n) is 11.0. The van der Waals surface area contributed by atoms with E-state index in [1.165, 1.54) is 16.7 Å². The fourth-order valence-corrected chi connectivity index (χ4v) is 5.30. The molecule has 0 saturated carbocycles. The highest BCUT2D eigenvalue weighted by atomic mass is 32.2. The lowest BCUT2D eigenvalue weighted by Gasteiger charge is -2.25. The topological polar surface area (TPSA) is 206 Å². The summed E-state index contributed by atoms with van der Waals surface area (Å²) in [4.78, 5) is 86.6. The Balaban J connectivity index is 0.0000110. The molecule has 2 rings (SSSR count). The van der Waals surface area contributed by atoms with E-state index in [1.807, 2.05) is 0 Å². The van der Waals surface area contributed by atoms with Gasteiger partial charge in [-0.2, -0.15) is 11.8 Å². The molecule has 0 spiro atoms. The van der Waals surface area contributed by atoms with E-state index in [1.54, 1.807) is 44.4 Å². The van der Waals surface area contributed by atoms with E-state index in [2.05, 4.69) is 26.0 Å². The van der Waals surface area contributed by atoms with Crippen LogP contribution < -0.4 is 27.0 Å². The number of urea groups is 1. The smallest absolute Gasteiger partial charge is 0.312 e. The van der Waals surface area contributed by atoms with Crippen molar-refractivity contribution in [3.8, 4) is 0 Å². The molecule has 0 bridgehead atoms. The van der Waals surface area contributed by atoms with E-state index < -0.39 is 36.4 Å². The molecule has 1 aliphatic rings. The molecular formula is C31H48N6O8S. The molecule has 0 aliphatic carbocycles. The van der Waals surface area contributed by atoms with Crippen LogP contribution in [0.1, 0.15) is 73.2 Å². The number of primary amides is 1. The van der Waals surface area contributed by atoms with Crippen molar-refractivity contribution < 1.29 is 39.7 Å². The summed E-state index contributed by atoms with van der Waals surface area (Å²) in [6.45, 7) is 3.94. The zero-order valence-corrected chi connectivity index (χ0v) is 26.7. The fraction of sp³-hybridized carbons (Fsp3) is 0.581. The average Bonchev–Trinajstić information content (AvgIpc) is 3.28. The number of anilines is 1. The summed E-state index contributed by atoms with van der Waals surface area (Å²) in [5.74, 6) is -2.05. The molecule has 1 aliphatic heterocycles. The molecule has 1 saturated heterocycles. The Kier molecular flexibility index (Phi) is 17.2. The van der Waals surface area contributed by atoms with Gasteiger partial charge < -0.3 is 31.7 Å². The number of ether oxygens (including phenoxy) is 1. The van der Waals surface area contributed by atoms with Gasteiger partial charge in [-0.25, -0.2) is 4.79 Å². The van der Waals surface area contributed by atoms with E-state index >= 15 is 0 Å². The molecule has 0 aromatic heterocycles. The van der Waals surface area contributed by atoms with Crippen LogP contribution in [-0.4, -0.2) is 83.6 Å². The first kappa shape index (κ1) is 38.0. The number of thioether (sulfide) groups is 1. The second kappa shape index (κ2) is 20.8. The molecule has 0 radical (unpaired) electrons. The van der Waals surface area contributed by atoms with Gasteiger partial charge >= 0.3 is 6.03 Å². The summed E-state index contributed by atoms with van der Waals surface area (Å²) in [6, 6.07) is 3.74. The lowest BCUT2D eigenvalue weighted by molar-refractivity contribution is -0.138. The Morgan fingerprint density at radius 1 is 1.09 bits per heavy atom. The van der Waals surface area contributed by atoms with Crippen LogP contribution in [0, 0.1) is 5.92 Å². The largest absolute Gasteiger partial charge is 0.463 e. The summed E-state index contributed by atoms with van der Waals surface area (Å²) < 4.78 is 11.5. The first-order valence-corrected chi connectivity index (χ1v) is 16.1. The zero-order chi connectivity index (χ0) is 34.2. The number of rotatable bonds is 19. The number of carbonyl (C=O) groups is 7. The highest BCUT2D eigenvalue weighted by Crippen LogP contribution is 2.23. The molecule has 1 unspecified atom stereocenters. The van der Waals surface area contributed by atoms with Gasteiger partial charge in [-0.1, -0.05) is 39.8 Å². The molecule has 14 nitrogen and oxygen atoms in total. The monoisotopic (exact) mass is 665 g/mol. The van der Waals surface area contributed by atoms with Crippen molar-refractivity contribution in [1.29, 1.82) is 0 Å². The average molecular weight is 666 g/mol. The van der Waals surface area contributed by atoms with Gasteiger partial charge in [-0.3, -0.25) is 33.7 Å². The van der Waals surface area contributed by atoms with Crippen LogP contribution in [0.25, 0.3) is 0 Å². The normalized spacial score (nSPS) is 15.7. The minimum atomic E-state index is -1.16. The van der Waals surface area contributed by atoms with Crippen molar-refractivity contribution in [3.05, 3.63) is 29.8 Å². The van der Waals surface area contributed by atoms with Gasteiger partial charge in [0.2, 0.25) is 29.5 Å². The van der Waals surface area contributed by atoms with Crippen molar-refractivity contribution in [2.45, 2.75) is 90.2 Å². The predicted molar refractivity (Wildman–Crippen MR) is 175 cm³/mol. The molecular weight excluding hydrogens is 616 g/mol. The minimum Gasteiger partial charge on any atom is -0.463 e. The van der Waals surface area contributed by atoms with Crippen molar-refractivity contribution in [2.75, 3.05) is 24.7 Å². The Labute approximate surface area is 276 Å². The third-order valence-corrected chi connectivity index (χ3v) is 8.10. The van der Waals surface area contributed by atoms with Crippen LogP contribution in [0.2, 0.25) is 0 Å². The van der Waals surface area contributed by atoms with Gasteiger partial charge in [0.25, 0.3) is 6.45 Å². The van der Waals surface area contributed by atoms with Crippen LogP contribution in [0.15, 0.2) is 24.3 Å². The number of nitrogens with zero attached hydrogens (tertiary/aromatic N) is 1. The number of hydrogen-bond donors (Lipinski definition) is 5. The summed E-state index contributed by atoms with van der Waals surface area (Å²) in [5.41, 5.74) is 6.14. The fourth-order valence-electron chi connectivity index (χ4n) is 4.66. The molecule has 6 N–H and O–H groups in total. The number of nitrogens with two attached hydrogens (primary N) is 1. The quantitative estimate of drug-likeness (QED) is 0.0832. The van der Waals surface area contributed by atoms with Crippen LogP contribution in [-0.2, 0) is 40.1 Å². The first-order valence-electron chi connectivity index (χ1n) is 15.4. The Morgan fingerprint density at radius 2 is 1.78 bits per heavy atom. The highest BCUT2D eigenvalue weighted by Gasteiger charge is 2.37. The predicted octanol–water partition coefficient (Wildman–Crippen LogP) is 2.06. The number of hydrogen-bond acceptors (Lipinski definition) is 9. The van der Waals surface area contributed by atoms with Crippen molar-refractivity contribution in [1.82, 2.24) is 20.9 Å². The SMILES string of the molecule is C.[2H]C(=O)OCc1ccc(NC(=O)[C@H](CCCNC(N)=O)NC(=O)[C@@H](NC(=O)CCCCCN2C(=O)CC(SC)C2=O)C(C)C)cc1. The lowest BCUT2D eigenvalue weighted by atomic mass is 10.0. The molecule has 1 fully saturated rings.